The van der Waals surface area contributed by atoms with Gasteiger partial charge in [-0.2, -0.15) is 0 Å². The van der Waals surface area contributed by atoms with Crippen LogP contribution in [-0.4, -0.2) is 9.97 Å². The average Bonchev–Trinajstić information content (AvgIpc) is 2.37. The molecule has 4 nitrogen and oxygen atoms in total. The minimum absolute atomic E-state index is 0.0285. The molecule has 0 aliphatic rings. The minimum Gasteiger partial charge on any atom is -0.384 e. The molecule has 0 saturated carbocycles. The van der Waals surface area contributed by atoms with Gasteiger partial charge < -0.3 is 11.1 Å². The topological polar surface area (TPSA) is 63.8 Å². The second-order valence-corrected chi connectivity index (χ2v) is 6.55. The van der Waals surface area contributed by atoms with E-state index < -0.39 is 0 Å². The first kappa shape index (κ1) is 15.6. The lowest BCUT2D eigenvalue weighted by atomic mass is 9.96. The highest BCUT2D eigenvalue weighted by molar-refractivity contribution is 6.31. The Hall–Kier alpha value is -1.81. The third-order valence-electron chi connectivity index (χ3n) is 3.15. The molecular formula is C16H21ClN4. The third kappa shape index (κ3) is 3.85. The molecule has 1 unspecified atom stereocenters. The second-order valence-electron chi connectivity index (χ2n) is 6.14. The van der Waals surface area contributed by atoms with Gasteiger partial charge in [0.15, 0.2) is 0 Å². The van der Waals surface area contributed by atoms with E-state index in [2.05, 4.69) is 36.1 Å². The molecule has 0 fully saturated rings. The van der Waals surface area contributed by atoms with Crippen LogP contribution in [0.25, 0.3) is 0 Å². The lowest BCUT2D eigenvalue weighted by Gasteiger charge is -2.20. The maximum Gasteiger partial charge on any atom is 0.138 e. The number of anilines is 2. The summed E-state index contributed by atoms with van der Waals surface area (Å²) in [4.78, 5) is 8.86. The first-order valence-electron chi connectivity index (χ1n) is 6.93. The van der Waals surface area contributed by atoms with Crippen molar-refractivity contribution in [3.8, 4) is 0 Å². The Morgan fingerprint density at radius 1 is 1.19 bits per heavy atom. The molecule has 3 N–H and O–H groups in total. The van der Waals surface area contributed by atoms with Crippen LogP contribution in [0.15, 0.2) is 30.3 Å². The van der Waals surface area contributed by atoms with Crippen LogP contribution in [0, 0.1) is 0 Å². The van der Waals surface area contributed by atoms with E-state index in [9.17, 15) is 0 Å². The molecule has 0 aliphatic carbocycles. The first-order valence-corrected chi connectivity index (χ1v) is 7.31. The number of aromatic nitrogens is 2. The SMILES string of the molecule is CC(Nc1cc(N)nc(C(C)(C)C)n1)c1ccccc1Cl. The third-order valence-corrected chi connectivity index (χ3v) is 3.50. The van der Waals surface area contributed by atoms with Gasteiger partial charge in [0.05, 0.1) is 6.04 Å². The molecule has 1 aromatic carbocycles. The van der Waals surface area contributed by atoms with E-state index in [0.29, 0.717) is 11.6 Å². The summed E-state index contributed by atoms with van der Waals surface area (Å²) in [7, 11) is 0. The van der Waals surface area contributed by atoms with Gasteiger partial charge in [-0.25, -0.2) is 9.97 Å². The van der Waals surface area contributed by atoms with E-state index in [-0.39, 0.29) is 11.5 Å². The van der Waals surface area contributed by atoms with Crippen molar-refractivity contribution in [1.82, 2.24) is 9.97 Å². The fourth-order valence-electron chi connectivity index (χ4n) is 2.00. The molecule has 1 aromatic heterocycles. The average molecular weight is 305 g/mol. The van der Waals surface area contributed by atoms with E-state index in [1.165, 1.54) is 0 Å². The highest BCUT2D eigenvalue weighted by atomic mass is 35.5. The Morgan fingerprint density at radius 3 is 2.48 bits per heavy atom. The van der Waals surface area contributed by atoms with Crippen LogP contribution in [0.4, 0.5) is 11.6 Å². The molecule has 2 aromatic rings. The van der Waals surface area contributed by atoms with Crippen LogP contribution in [0.2, 0.25) is 5.02 Å². The van der Waals surface area contributed by atoms with Gasteiger partial charge in [-0.15, -0.1) is 0 Å². The van der Waals surface area contributed by atoms with Crippen molar-refractivity contribution in [2.45, 2.75) is 39.2 Å². The van der Waals surface area contributed by atoms with Gasteiger partial charge in [-0.1, -0.05) is 50.6 Å². The summed E-state index contributed by atoms with van der Waals surface area (Å²) in [5.74, 6) is 1.89. The normalized spacial score (nSPS) is 13.0. The molecule has 0 saturated heterocycles. The summed E-state index contributed by atoms with van der Waals surface area (Å²) in [6, 6.07) is 9.52. The lowest BCUT2D eigenvalue weighted by molar-refractivity contribution is 0.546. The monoisotopic (exact) mass is 304 g/mol. The fourth-order valence-corrected chi connectivity index (χ4v) is 2.30. The Morgan fingerprint density at radius 2 is 1.86 bits per heavy atom. The molecule has 0 radical (unpaired) electrons. The van der Waals surface area contributed by atoms with Crippen molar-refractivity contribution in [2.24, 2.45) is 0 Å². The summed E-state index contributed by atoms with van der Waals surface area (Å²) in [6.07, 6.45) is 0. The van der Waals surface area contributed by atoms with E-state index >= 15 is 0 Å². The van der Waals surface area contributed by atoms with Crippen LogP contribution in [0.1, 0.15) is 45.1 Å². The molecule has 21 heavy (non-hydrogen) atoms. The standard InChI is InChI=1S/C16H21ClN4/c1-10(11-7-5-6-8-12(11)17)19-14-9-13(18)20-15(21-14)16(2,3)4/h5-10H,1-4H3,(H3,18,19,20,21). The summed E-state index contributed by atoms with van der Waals surface area (Å²) < 4.78 is 0. The predicted molar refractivity (Wildman–Crippen MR) is 88.6 cm³/mol. The van der Waals surface area contributed by atoms with Gasteiger partial charge in [0.2, 0.25) is 0 Å². The number of hydrogen-bond donors (Lipinski definition) is 2. The smallest absolute Gasteiger partial charge is 0.138 e. The van der Waals surface area contributed by atoms with Crippen LogP contribution >= 0.6 is 11.6 Å². The number of rotatable bonds is 3. The number of nitrogens with two attached hydrogens (primary N) is 1. The highest BCUT2D eigenvalue weighted by Crippen LogP contribution is 2.27. The van der Waals surface area contributed by atoms with Crippen molar-refractivity contribution in [1.29, 1.82) is 0 Å². The number of hydrogen-bond acceptors (Lipinski definition) is 4. The summed E-state index contributed by atoms with van der Waals surface area (Å²) in [5.41, 5.74) is 6.75. The lowest BCUT2D eigenvalue weighted by Crippen LogP contribution is -2.19. The summed E-state index contributed by atoms with van der Waals surface area (Å²) in [6.45, 7) is 8.21. The molecule has 0 bridgehead atoms. The summed E-state index contributed by atoms with van der Waals surface area (Å²) >= 11 is 6.22. The maximum absolute atomic E-state index is 6.22. The zero-order valence-electron chi connectivity index (χ0n) is 12.8. The molecule has 112 valence electrons. The molecule has 5 heteroatoms. The van der Waals surface area contributed by atoms with Crippen LogP contribution in [-0.2, 0) is 5.41 Å². The predicted octanol–water partition coefficient (Wildman–Crippen LogP) is 4.18. The van der Waals surface area contributed by atoms with Crippen molar-refractivity contribution in [3.05, 3.63) is 46.7 Å². The Kier molecular flexibility index (Phi) is 4.37. The Labute approximate surface area is 130 Å². The zero-order chi connectivity index (χ0) is 15.6. The number of benzene rings is 1. The van der Waals surface area contributed by atoms with E-state index in [4.69, 9.17) is 17.3 Å². The fraction of sp³-hybridized carbons (Fsp3) is 0.375. The summed E-state index contributed by atoms with van der Waals surface area (Å²) in [5, 5.41) is 4.07. The van der Waals surface area contributed by atoms with Gasteiger partial charge >= 0.3 is 0 Å². The highest BCUT2D eigenvalue weighted by Gasteiger charge is 2.19. The minimum atomic E-state index is -0.153. The van der Waals surface area contributed by atoms with Gasteiger partial charge in [-0.05, 0) is 18.6 Å². The van der Waals surface area contributed by atoms with Gasteiger partial charge in [0.25, 0.3) is 0 Å². The first-order chi connectivity index (χ1) is 9.77. The van der Waals surface area contributed by atoms with Gasteiger partial charge in [-0.3, -0.25) is 0 Å². The van der Waals surface area contributed by atoms with Crippen LogP contribution in [0.3, 0.4) is 0 Å². The number of nitrogens with one attached hydrogen (secondary N) is 1. The zero-order valence-corrected chi connectivity index (χ0v) is 13.6. The molecular weight excluding hydrogens is 284 g/mol. The van der Waals surface area contributed by atoms with Crippen LogP contribution in [0.5, 0.6) is 0 Å². The molecule has 1 atom stereocenters. The Balaban J connectivity index is 2.28. The van der Waals surface area contributed by atoms with Crippen molar-refractivity contribution in [3.63, 3.8) is 0 Å². The molecule has 1 heterocycles. The van der Waals surface area contributed by atoms with E-state index in [1.807, 2.05) is 31.2 Å². The van der Waals surface area contributed by atoms with E-state index in [0.717, 1.165) is 16.4 Å². The van der Waals surface area contributed by atoms with Crippen molar-refractivity contribution in [2.75, 3.05) is 11.1 Å². The maximum atomic E-state index is 6.22. The second kappa shape index (κ2) is 5.90. The van der Waals surface area contributed by atoms with Gasteiger partial charge in [0.1, 0.15) is 17.5 Å². The molecule has 0 spiro atoms. The van der Waals surface area contributed by atoms with Crippen LogP contribution < -0.4 is 11.1 Å². The molecule has 0 amide bonds. The van der Waals surface area contributed by atoms with Crippen molar-refractivity contribution >= 4 is 23.2 Å². The number of nitrogens with zero attached hydrogens (tertiary/aromatic N) is 2. The molecule has 2 rings (SSSR count). The van der Waals surface area contributed by atoms with E-state index in [1.54, 1.807) is 6.07 Å². The Bertz CT molecular complexity index is 634. The molecule has 0 aliphatic heterocycles. The largest absolute Gasteiger partial charge is 0.384 e. The quantitative estimate of drug-likeness (QED) is 0.892. The van der Waals surface area contributed by atoms with Crippen molar-refractivity contribution < 1.29 is 0 Å². The number of nitrogen functional groups attached to an aromatic ring is 1. The van der Waals surface area contributed by atoms with Gasteiger partial charge in [0, 0.05) is 16.5 Å². The number of halogens is 1.